The first-order valence-corrected chi connectivity index (χ1v) is 10.2. The fraction of sp³-hybridized carbons (Fsp3) is 0.0500. The maximum atomic E-state index is 12.7. The number of ketones is 1. The third-order valence-electron chi connectivity index (χ3n) is 3.97. The number of benzene rings is 1. The van der Waals surface area contributed by atoms with Crippen molar-refractivity contribution in [3.8, 4) is 0 Å². The van der Waals surface area contributed by atoms with E-state index in [9.17, 15) is 4.79 Å². The van der Waals surface area contributed by atoms with Crippen LogP contribution in [0.25, 0.3) is 11.0 Å². The molecule has 1 radical (unpaired) electrons. The Morgan fingerprint density at radius 2 is 1.88 bits per heavy atom. The Morgan fingerprint density at radius 3 is 2.68 bits per heavy atom. The number of fused-ring (bicyclic) bond motifs is 1. The second-order valence-corrected chi connectivity index (χ2v) is 7.93. The number of aromatic nitrogens is 3. The number of H-pyrrole nitrogens is 1. The van der Waals surface area contributed by atoms with Crippen molar-refractivity contribution < 1.29 is 4.79 Å². The predicted octanol–water partition coefficient (Wildman–Crippen LogP) is 2.72. The molecule has 0 aliphatic carbocycles. The number of carbonyl (C=O) groups is 1. The first-order chi connectivity index (χ1) is 12.3. The van der Waals surface area contributed by atoms with Crippen LogP contribution in [0.4, 0.5) is 0 Å². The summed E-state index contributed by atoms with van der Waals surface area (Å²) in [6, 6.07) is 18.0. The molecule has 121 valence electrons. The Labute approximate surface area is 152 Å². The van der Waals surface area contributed by atoms with Crippen molar-refractivity contribution in [1.29, 1.82) is 0 Å². The van der Waals surface area contributed by atoms with Crippen LogP contribution in [0, 0.1) is 0 Å². The van der Waals surface area contributed by atoms with E-state index < -0.39 is 0 Å². The Morgan fingerprint density at radius 1 is 1.00 bits per heavy atom. The van der Waals surface area contributed by atoms with Crippen LogP contribution in [0.3, 0.4) is 0 Å². The summed E-state index contributed by atoms with van der Waals surface area (Å²) in [5, 5.41) is 1.87. The molecule has 0 aliphatic heterocycles. The van der Waals surface area contributed by atoms with Gasteiger partial charge in [-0.15, -0.1) is 0 Å². The normalized spacial score (nSPS) is 11.4. The monoisotopic (exact) mass is 388 g/mol. The molecule has 25 heavy (non-hydrogen) atoms. The van der Waals surface area contributed by atoms with Crippen LogP contribution in [-0.2, 0) is 5.21 Å². The van der Waals surface area contributed by atoms with Gasteiger partial charge in [-0.1, -0.05) is 0 Å². The van der Waals surface area contributed by atoms with E-state index in [1.165, 1.54) is 5.56 Å². The Hall–Kier alpha value is -2.71. The van der Waals surface area contributed by atoms with E-state index in [0.717, 1.165) is 20.7 Å². The van der Waals surface area contributed by atoms with Crippen molar-refractivity contribution in [3.05, 3.63) is 89.9 Å². The average Bonchev–Trinajstić information content (AvgIpc) is 3.11. The Bertz CT molecular complexity index is 1010. The van der Waals surface area contributed by atoms with Crippen LogP contribution in [0.5, 0.6) is 0 Å². The number of nitrogens with zero attached hydrogens (tertiary/aromatic N) is 2. The van der Waals surface area contributed by atoms with E-state index >= 15 is 0 Å². The van der Waals surface area contributed by atoms with E-state index in [2.05, 4.69) is 39.2 Å². The van der Waals surface area contributed by atoms with Crippen LogP contribution < -0.4 is 4.48 Å². The summed E-state index contributed by atoms with van der Waals surface area (Å²) >= 11 is -0.0420. The average molecular weight is 388 g/mol. The van der Waals surface area contributed by atoms with Gasteiger partial charge < -0.3 is 0 Å². The predicted molar refractivity (Wildman–Crippen MR) is 99.3 cm³/mol. The van der Waals surface area contributed by atoms with E-state index in [4.69, 9.17) is 0 Å². The summed E-state index contributed by atoms with van der Waals surface area (Å²) in [7, 11) is 0. The molecular weight excluding hydrogens is 373 g/mol. The van der Waals surface area contributed by atoms with Gasteiger partial charge in [-0.3, -0.25) is 0 Å². The van der Waals surface area contributed by atoms with Crippen molar-refractivity contribution in [3.63, 3.8) is 0 Å². The van der Waals surface area contributed by atoms with Gasteiger partial charge in [0.1, 0.15) is 0 Å². The second-order valence-electron chi connectivity index (χ2n) is 5.64. The van der Waals surface area contributed by atoms with Crippen LogP contribution in [0.2, 0.25) is 0 Å². The van der Waals surface area contributed by atoms with Crippen molar-refractivity contribution >= 4 is 37.1 Å². The van der Waals surface area contributed by atoms with Crippen LogP contribution in [-0.4, -0.2) is 36.5 Å². The summed E-state index contributed by atoms with van der Waals surface area (Å²) < 4.78 is 1.08. The first kappa shape index (κ1) is 15.8. The molecule has 3 aromatic heterocycles. The van der Waals surface area contributed by atoms with Gasteiger partial charge in [-0.05, 0) is 0 Å². The van der Waals surface area contributed by atoms with Crippen LogP contribution >= 0.6 is 0 Å². The van der Waals surface area contributed by atoms with Gasteiger partial charge in [0.15, 0.2) is 0 Å². The van der Waals surface area contributed by atoms with Gasteiger partial charge in [-0.25, -0.2) is 0 Å². The van der Waals surface area contributed by atoms with E-state index in [1.807, 2.05) is 30.3 Å². The molecule has 0 fully saturated rings. The molecule has 0 unspecified atom stereocenters. The minimum atomic E-state index is -0.0420. The molecule has 4 nitrogen and oxygen atoms in total. The third-order valence-corrected chi connectivity index (χ3v) is 6.30. The summed E-state index contributed by atoms with van der Waals surface area (Å²) in [6.45, 7) is 0. The number of hydrogen-bond donors (Lipinski definition) is 1. The molecule has 1 N–H and O–H groups in total. The molecule has 0 bridgehead atoms. The Balaban J connectivity index is 1.51. The molecule has 0 saturated carbocycles. The van der Waals surface area contributed by atoms with Gasteiger partial charge in [-0.2, -0.15) is 0 Å². The van der Waals surface area contributed by atoms with Gasteiger partial charge >= 0.3 is 152 Å². The molecule has 1 aromatic carbocycles. The molecule has 0 spiro atoms. The van der Waals surface area contributed by atoms with E-state index in [0.29, 0.717) is 11.1 Å². The first-order valence-electron chi connectivity index (χ1n) is 7.95. The van der Waals surface area contributed by atoms with Crippen LogP contribution in [0.1, 0.15) is 21.5 Å². The number of pyridine rings is 2. The summed E-state index contributed by atoms with van der Waals surface area (Å²) in [5.41, 5.74) is 3.30. The summed E-state index contributed by atoms with van der Waals surface area (Å²) in [4.78, 5) is 24.5. The molecule has 4 aromatic rings. The van der Waals surface area contributed by atoms with Crippen molar-refractivity contribution in [1.82, 2.24) is 15.0 Å². The van der Waals surface area contributed by atoms with E-state index in [-0.39, 0.29) is 21.5 Å². The van der Waals surface area contributed by atoms with E-state index in [1.54, 1.807) is 18.6 Å². The molecule has 0 atom stereocenters. The zero-order valence-corrected chi connectivity index (χ0v) is 15.3. The van der Waals surface area contributed by atoms with Gasteiger partial charge in [0.05, 0.1) is 0 Å². The molecule has 0 aliphatic rings. The molecule has 3 heterocycles. The van der Waals surface area contributed by atoms with Crippen molar-refractivity contribution in [2.24, 2.45) is 0 Å². The fourth-order valence-electron chi connectivity index (χ4n) is 2.67. The molecule has 5 heteroatoms. The minimum absolute atomic E-state index is 0.0300. The number of carbonyl (C=O) groups excluding carboxylic acids is 1. The number of hydrogen-bond acceptors (Lipinski definition) is 3. The van der Waals surface area contributed by atoms with Gasteiger partial charge in [0.25, 0.3) is 0 Å². The Kier molecular flexibility index (Phi) is 4.45. The zero-order valence-electron chi connectivity index (χ0n) is 13.4. The number of rotatable bonds is 5. The quantitative estimate of drug-likeness (QED) is 0.423. The second kappa shape index (κ2) is 7.04. The third kappa shape index (κ3) is 3.40. The number of aromatic amines is 1. The van der Waals surface area contributed by atoms with Gasteiger partial charge in [0.2, 0.25) is 0 Å². The van der Waals surface area contributed by atoms with Crippen molar-refractivity contribution in [2.45, 2.75) is 5.21 Å². The molecular formula is C20H15AsN3O. The molecule has 0 amide bonds. The summed E-state index contributed by atoms with van der Waals surface area (Å²) in [5.74, 6) is -0.0300. The molecule has 4 rings (SSSR count). The molecule has 0 saturated heterocycles. The van der Waals surface area contributed by atoms with Crippen molar-refractivity contribution in [2.75, 3.05) is 0 Å². The van der Waals surface area contributed by atoms with Gasteiger partial charge in [0, 0.05) is 0 Å². The number of nitrogens with one attached hydrogen (secondary N) is 1. The topological polar surface area (TPSA) is 58.6 Å². The zero-order chi connectivity index (χ0) is 17.1. The standard InChI is InChI=1S/C20H15AsN3O/c25-19(17-13-24-20-16(17)7-4-10-22-20)15-8-9-18(23-12-15)21-11-14-5-2-1-3-6-14/h1-10,12-13H,11H2,(H,22,24). The van der Waals surface area contributed by atoms with Crippen LogP contribution in [0.15, 0.2) is 73.2 Å². The SMILES string of the molecule is O=C(c1ccc([As]Cc2ccccc2)nc1)c1c[nH]c2ncccc12. The summed E-state index contributed by atoms with van der Waals surface area (Å²) in [6.07, 6.45) is 5.11. The maximum absolute atomic E-state index is 12.7. The fourth-order valence-corrected chi connectivity index (χ4v) is 4.50.